The zero-order chi connectivity index (χ0) is 11.4. The summed E-state index contributed by atoms with van der Waals surface area (Å²) in [5, 5.41) is 0. The van der Waals surface area contributed by atoms with Crippen LogP contribution in [-0.2, 0) is 9.53 Å². The Labute approximate surface area is 88.1 Å². The van der Waals surface area contributed by atoms with Crippen molar-refractivity contribution in [3.05, 3.63) is 34.6 Å². The van der Waals surface area contributed by atoms with Crippen LogP contribution >= 0.6 is 0 Å². The maximum atomic E-state index is 12.9. The first-order chi connectivity index (χ1) is 7.04. The van der Waals surface area contributed by atoms with Gasteiger partial charge in [0.05, 0.1) is 7.11 Å². The third-order valence-electron chi connectivity index (χ3n) is 1.97. The average molecular weight is 206 g/mol. The molecule has 0 saturated carbocycles. The minimum atomic E-state index is -0.599. The lowest BCUT2D eigenvalue weighted by atomic mass is 10.0. The van der Waals surface area contributed by atoms with E-state index in [0.717, 1.165) is 0 Å². The second-order valence-electron chi connectivity index (χ2n) is 3.16. The summed E-state index contributed by atoms with van der Waals surface area (Å²) in [7, 11) is 1.27. The zero-order valence-electron chi connectivity index (χ0n) is 8.85. The van der Waals surface area contributed by atoms with Gasteiger partial charge in [-0.15, -0.1) is 0 Å². The molecule has 0 aliphatic heterocycles. The molecular weight excluding hydrogens is 195 g/mol. The van der Waals surface area contributed by atoms with Gasteiger partial charge in [-0.1, -0.05) is 5.92 Å². The largest absolute Gasteiger partial charge is 0.459 e. The van der Waals surface area contributed by atoms with Crippen LogP contribution in [0.4, 0.5) is 4.39 Å². The Morgan fingerprint density at radius 2 is 1.87 bits per heavy atom. The minimum Gasteiger partial charge on any atom is -0.459 e. The summed E-state index contributed by atoms with van der Waals surface area (Å²) in [6.45, 7) is 3.49. The van der Waals surface area contributed by atoms with E-state index < -0.39 is 5.97 Å². The van der Waals surface area contributed by atoms with Gasteiger partial charge < -0.3 is 4.74 Å². The highest BCUT2D eigenvalue weighted by molar-refractivity contribution is 5.89. The van der Waals surface area contributed by atoms with Crippen molar-refractivity contribution in [2.75, 3.05) is 7.11 Å². The first kappa shape index (κ1) is 11.3. The number of carbonyl (C=O) groups excluding carboxylic acids is 1. The molecule has 1 aromatic rings. The molecule has 1 rings (SSSR count). The van der Waals surface area contributed by atoms with Crippen molar-refractivity contribution in [2.24, 2.45) is 0 Å². The van der Waals surface area contributed by atoms with Gasteiger partial charge in [-0.25, -0.2) is 9.18 Å². The van der Waals surface area contributed by atoms with Crippen LogP contribution in [0.5, 0.6) is 0 Å². The third-order valence-corrected chi connectivity index (χ3v) is 1.97. The van der Waals surface area contributed by atoms with Crippen molar-refractivity contribution in [1.82, 2.24) is 0 Å². The molecule has 0 aliphatic carbocycles. The molecule has 2 nitrogen and oxygen atoms in total. The second-order valence-corrected chi connectivity index (χ2v) is 3.16. The zero-order valence-corrected chi connectivity index (χ0v) is 8.85. The number of hydrogen-bond acceptors (Lipinski definition) is 2. The van der Waals surface area contributed by atoms with Gasteiger partial charge in [0.1, 0.15) is 5.82 Å². The smallest absolute Gasteiger partial charge is 0.384 e. The van der Waals surface area contributed by atoms with E-state index in [1.54, 1.807) is 13.8 Å². The summed E-state index contributed by atoms with van der Waals surface area (Å²) in [4.78, 5) is 10.8. The van der Waals surface area contributed by atoms with Crippen molar-refractivity contribution < 1.29 is 13.9 Å². The summed E-state index contributed by atoms with van der Waals surface area (Å²) in [5.74, 6) is 4.09. The highest BCUT2D eigenvalue weighted by Gasteiger charge is 2.02. The molecule has 0 bridgehead atoms. The van der Waals surface area contributed by atoms with Crippen molar-refractivity contribution in [2.45, 2.75) is 13.8 Å². The van der Waals surface area contributed by atoms with Crippen LogP contribution in [-0.4, -0.2) is 13.1 Å². The van der Waals surface area contributed by atoms with Gasteiger partial charge in [0, 0.05) is 11.5 Å². The molecule has 0 amide bonds. The fourth-order valence-electron chi connectivity index (χ4n) is 1.27. The number of rotatable bonds is 0. The van der Waals surface area contributed by atoms with E-state index in [1.165, 1.54) is 19.2 Å². The van der Waals surface area contributed by atoms with Crippen molar-refractivity contribution in [3.8, 4) is 11.8 Å². The topological polar surface area (TPSA) is 26.3 Å². The van der Waals surface area contributed by atoms with E-state index >= 15 is 0 Å². The molecule has 0 spiro atoms. The number of ether oxygens (including phenoxy) is 1. The Bertz CT molecular complexity index is 429. The molecular formula is C12H11FO2. The van der Waals surface area contributed by atoms with Crippen LogP contribution in [0.15, 0.2) is 12.1 Å². The Kier molecular flexibility index (Phi) is 3.46. The lowest BCUT2D eigenvalue weighted by Gasteiger charge is -2.02. The van der Waals surface area contributed by atoms with E-state index in [1.807, 2.05) is 0 Å². The highest BCUT2D eigenvalue weighted by Crippen LogP contribution is 2.14. The molecule has 1 aromatic carbocycles. The quantitative estimate of drug-likeness (QED) is 0.479. The first-order valence-electron chi connectivity index (χ1n) is 4.41. The van der Waals surface area contributed by atoms with Crippen molar-refractivity contribution >= 4 is 5.97 Å². The SMILES string of the molecule is COC(=O)C#Cc1c(C)cc(F)cc1C. The first-order valence-corrected chi connectivity index (χ1v) is 4.41. The van der Waals surface area contributed by atoms with E-state index in [-0.39, 0.29) is 5.82 Å². The van der Waals surface area contributed by atoms with Crippen molar-refractivity contribution in [3.63, 3.8) is 0 Å². The number of esters is 1. The molecule has 0 heterocycles. The lowest BCUT2D eigenvalue weighted by Crippen LogP contribution is -1.96. The van der Waals surface area contributed by atoms with Crippen LogP contribution in [0, 0.1) is 31.5 Å². The van der Waals surface area contributed by atoms with E-state index in [4.69, 9.17) is 0 Å². The van der Waals surface area contributed by atoms with Crippen LogP contribution < -0.4 is 0 Å². The molecule has 3 heteroatoms. The predicted octanol–water partition coefficient (Wildman–Crippen LogP) is 1.97. The number of aryl methyl sites for hydroxylation is 2. The van der Waals surface area contributed by atoms with Crippen LogP contribution in [0.2, 0.25) is 0 Å². The maximum absolute atomic E-state index is 12.9. The Morgan fingerprint density at radius 3 is 2.33 bits per heavy atom. The molecule has 0 aromatic heterocycles. The fourth-order valence-corrected chi connectivity index (χ4v) is 1.27. The third kappa shape index (κ3) is 2.81. The second kappa shape index (κ2) is 4.61. The molecule has 15 heavy (non-hydrogen) atoms. The number of hydrogen-bond donors (Lipinski definition) is 0. The van der Waals surface area contributed by atoms with Gasteiger partial charge >= 0.3 is 5.97 Å². The van der Waals surface area contributed by atoms with Gasteiger partial charge in [-0.3, -0.25) is 0 Å². The Balaban J connectivity index is 3.14. The Morgan fingerprint density at radius 1 is 1.33 bits per heavy atom. The van der Waals surface area contributed by atoms with Crippen LogP contribution in [0.1, 0.15) is 16.7 Å². The molecule has 0 aliphatic rings. The van der Waals surface area contributed by atoms with Crippen LogP contribution in [0.25, 0.3) is 0 Å². The van der Waals surface area contributed by atoms with Crippen molar-refractivity contribution in [1.29, 1.82) is 0 Å². The summed E-state index contributed by atoms with van der Waals surface area (Å²) in [6, 6.07) is 2.77. The highest BCUT2D eigenvalue weighted by atomic mass is 19.1. The minimum absolute atomic E-state index is 0.298. The number of halogens is 1. The monoisotopic (exact) mass is 206 g/mol. The molecule has 0 unspecified atom stereocenters. The lowest BCUT2D eigenvalue weighted by molar-refractivity contribution is -0.133. The molecule has 0 radical (unpaired) electrons. The summed E-state index contributed by atoms with van der Waals surface area (Å²) < 4.78 is 17.3. The van der Waals surface area contributed by atoms with Gasteiger partial charge in [-0.05, 0) is 37.1 Å². The molecule has 0 N–H and O–H groups in total. The molecule has 0 saturated heterocycles. The summed E-state index contributed by atoms with van der Waals surface area (Å²) in [6.07, 6.45) is 0. The number of benzene rings is 1. The van der Waals surface area contributed by atoms with E-state index in [0.29, 0.717) is 16.7 Å². The fraction of sp³-hybridized carbons (Fsp3) is 0.250. The standard InChI is InChI=1S/C12H11FO2/c1-8-6-10(13)7-9(2)11(8)4-5-12(14)15-3/h6-7H,1-3H3. The van der Waals surface area contributed by atoms with E-state index in [2.05, 4.69) is 16.6 Å². The normalized spacial score (nSPS) is 9.07. The average Bonchev–Trinajstić information content (AvgIpc) is 2.15. The predicted molar refractivity (Wildman–Crippen MR) is 54.8 cm³/mol. The molecule has 0 atom stereocenters. The number of methoxy groups -OCH3 is 1. The summed E-state index contributed by atoms with van der Waals surface area (Å²) in [5.41, 5.74) is 2.09. The number of carbonyl (C=O) groups is 1. The van der Waals surface area contributed by atoms with Gasteiger partial charge in [0.25, 0.3) is 0 Å². The van der Waals surface area contributed by atoms with Gasteiger partial charge in [0.15, 0.2) is 0 Å². The molecule has 78 valence electrons. The maximum Gasteiger partial charge on any atom is 0.384 e. The summed E-state index contributed by atoms with van der Waals surface area (Å²) >= 11 is 0. The van der Waals surface area contributed by atoms with Gasteiger partial charge in [0.2, 0.25) is 0 Å². The van der Waals surface area contributed by atoms with Crippen LogP contribution in [0.3, 0.4) is 0 Å². The van der Waals surface area contributed by atoms with Gasteiger partial charge in [-0.2, -0.15) is 0 Å². The Hall–Kier alpha value is -1.82. The van der Waals surface area contributed by atoms with E-state index in [9.17, 15) is 9.18 Å². The molecule has 0 fully saturated rings.